The molecule has 6 heteroatoms. The molecule has 0 aromatic rings. The number of hydrogen-bond donors (Lipinski definition) is 2. The molecule has 2 rings (SSSR count). The Kier molecular flexibility index (Phi) is 6.18. The van der Waals surface area contributed by atoms with E-state index < -0.39 is 0 Å². The van der Waals surface area contributed by atoms with Gasteiger partial charge in [0, 0.05) is 11.0 Å². The fraction of sp³-hybridized carbons (Fsp3) is 0.800. The number of fused-ring (bicyclic) bond motifs is 1. The second-order valence-corrected chi connectivity index (χ2v) is 5.28. The van der Waals surface area contributed by atoms with Crippen molar-refractivity contribution >= 4 is 24.1 Å². The van der Waals surface area contributed by atoms with Crippen LogP contribution in [0.4, 0.5) is 4.79 Å². The number of nitrogens with one attached hydrogen (secondary N) is 2. The van der Waals surface area contributed by atoms with Crippen molar-refractivity contribution in [1.29, 1.82) is 0 Å². The zero-order valence-corrected chi connectivity index (χ0v) is 12.3. The van der Waals surface area contributed by atoms with Gasteiger partial charge in [0.2, 0.25) is 0 Å². The minimum Gasteiger partial charge on any atom is -0.542 e. The molecule has 0 aromatic heterocycles. The quantitative estimate of drug-likeness (QED) is 0.253. The number of urea groups is 1. The average molecular weight is 250 g/mol. The summed E-state index contributed by atoms with van der Waals surface area (Å²) < 4.78 is 0. The maximum absolute atomic E-state index is 11.1. The number of carbonyl (C=O) groups is 1. The fourth-order valence-electron chi connectivity index (χ4n) is 2.19. The zero-order chi connectivity index (χ0) is 10.7. The van der Waals surface area contributed by atoms with Gasteiger partial charge in [0.1, 0.15) is 0 Å². The molecular formula is C10H15N2NaO2S. The van der Waals surface area contributed by atoms with Crippen LogP contribution in [0.1, 0.15) is 25.7 Å². The van der Waals surface area contributed by atoms with Crippen LogP contribution in [0.2, 0.25) is 0 Å². The molecule has 0 aliphatic carbocycles. The molecule has 2 heterocycles. The largest absolute Gasteiger partial charge is 1.00 e. The van der Waals surface area contributed by atoms with E-state index in [4.69, 9.17) is 0 Å². The van der Waals surface area contributed by atoms with Gasteiger partial charge in [-0.15, -0.1) is 0 Å². The van der Waals surface area contributed by atoms with E-state index in [1.807, 2.05) is 18.0 Å². The van der Waals surface area contributed by atoms with Gasteiger partial charge < -0.3 is 15.4 Å². The molecule has 2 N–H and O–H groups in total. The van der Waals surface area contributed by atoms with E-state index in [9.17, 15) is 9.59 Å². The van der Waals surface area contributed by atoms with Gasteiger partial charge >= 0.3 is 35.6 Å². The van der Waals surface area contributed by atoms with Gasteiger partial charge in [-0.05, 0) is 6.42 Å². The van der Waals surface area contributed by atoms with Crippen molar-refractivity contribution in [3.05, 3.63) is 0 Å². The molecule has 2 amide bonds. The Bertz CT molecular complexity index is 265. The summed E-state index contributed by atoms with van der Waals surface area (Å²) in [4.78, 5) is 21.1. The molecule has 0 unspecified atom stereocenters. The first-order valence-electron chi connectivity index (χ1n) is 5.35. The Hall–Kier alpha value is 0.290. The van der Waals surface area contributed by atoms with Gasteiger partial charge in [-0.3, -0.25) is 6.29 Å². The van der Waals surface area contributed by atoms with Crippen LogP contribution >= 0.6 is 11.8 Å². The second kappa shape index (κ2) is 6.89. The summed E-state index contributed by atoms with van der Waals surface area (Å²) >= 11 is 1.92. The Morgan fingerprint density at radius 3 is 2.94 bits per heavy atom. The Morgan fingerprint density at radius 2 is 2.19 bits per heavy atom. The number of thioether (sulfide) groups is 1. The molecule has 0 saturated carbocycles. The zero-order valence-electron chi connectivity index (χ0n) is 9.49. The Balaban J connectivity index is 0.00000128. The number of hydrogen-bond acceptors (Lipinski definition) is 3. The van der Waals surface area contributed by atoms with Gasteiger partial charge in [0.25, 0.3) is 0 Å². The molecule has 0 spiro atoms. The van der Waals surface area contributed by atoms with Crippen LogP contribution in [-0.2, 0) is 4.79 Å². The summed E-state index contributed by atoms with van der Waals surface area (Å²) in [5.74, 6) is 1.01. The van der Waals surface area contributed by atoms with Crippen molar-refractivity contribution in [1.82, 2.24) is 10.6 Å². The number of amides is 2. The topological polar surface area (TPSA) is 58.2 Å². The maximum Gasteiger partial charge on any atom is 1.00 e. The number of carbonyl (C=O) groups excluding carboxylic acids is 2. The number of rotatable bonds is 5. The van der Waals surface area contributed by atoms with Crippen molar-refractivity contribution in [2.45, 2.75) is 43.0 Å². The SMILES string of the molecule is O=[C-]CCCC[C@@H]1SC[C@@H]2NC(=O)N[C@@H]21.[Na+]. The molecule has 2 aliphatic rings. The summed E-state index contributed by atoms with van der Waals surface area (Å²) in [5.41, 5.74) is 0. The normalized spacial score (nSPS) is 31.2. The molecule has 0 radical (unpaired) electrons. The minimum atomic E-state index is -0.0310. The van der Waals surface area contributed by atoms with Gasteiger partial charge in [-0.1, -0.05) is 12.8 Å². The molecule has 2 saturated heterocycles. The Labute approximate surface area is 122 Å². The van der Waals surface area contributed by atoms with E-state index in [1.165, 1.54) is 0 Å². The van der Waals surface area contributed by atoms with Crippen molar-refractivity contribution in [2.24, 2.45) is 0 Å². The fourth-order valence-corrected chi connectivity index (χ4v) is 3.73. The summed E-state index contributed by atoms with van der Waals surface area (Å²) in [6.07, 6.45) is 5.49. The molecule has 84 valence electrons. The van der Waals surface area contributed by atoms with E-state index in [0.717, 1.165) is 25.0 Å². The Morgan fingerprint density at radius 1 is 1.38 bits per heavy atom. The molecular weight excluding hydrogens is 235 g/mol. The van der Waals surface area contributed by atoms with E-state index in [2.05, 4.69) is 10.6 Å². The monoisotopic (exact) mass is 250 g/mol. The van der Waals surface area contributed by atoms with Crippen LogP contribution in [0.25, 0.3) is 0 Å². The van der Waals surface area contributed by atoms with Crippen molar-refractivity contribution in [2.75, 3.05) is 5.75 Å². The molecule has 16 heavy (non-hydrogen) atoms. The van der Waals surface area contributed by atoms with Gasteiger partial charge in [0.05, 0.1) is 12.1 Å². The summed E-state index contributed by atoms with van der Waals surface area (Å²) in [7, 11) is 0. The molecule has 4 nitrogen and oxygen atoms in total. The van der Waals surface area contributed by atoms with E-state index in [1.54, 1.807) is 0 Å². The van der Waals surface area contributed by atoms with Crippen LogP contribution in [0.15, 0.2) is 0 Å². The van der Waals surface area contributed by atoms with Gasteiger partial charge in [0.15, 0.2) is 0 Å². The first-order chi connectivity index (χ1) is 7.31. The van der Waals surface area contributed by atoms with Gasteiger partial charge in [-0.25, -0.2) is 4.79 Å². The predicted molar refractivity (Wildman–Crippen MR) is 59.7 cm³/mol. The smallest absolute Gasteiger partial charge is 0.542 e. The van der Waals surface area contributed by atoms with Crippen LogP contribution in [0, 0.1) is 0 Å². The van der Waals surface area contributed by atoms with E-state index in [-0.39, 0.29) is 35.6 Å². The van der Waals surface area contributed by atoms with E-state index >= 15 is 0 Å². The summed E-state index contributed by atoms with van der Waals surface area (Å²) in [6, 6.07) is 0.573. The first-order valence-corrected chi connectivity index (χ1v) is 6.40. The van der Waals surface area contributed by atoms with Gasteiger partial charge in [-0.2, -0.15) is 18.2 Å². The standard InChI is InChI=1S/C10H15N2O2S.Na/c13-5-3-1-2-4-8-9-7(6-15-8)11-10(14)12-9;/h7-9H,1-4,6H2,(H2,11,12,14);/q-1;+1/t7-,8-,9-;/m0./s1. The summed E-state index contributed by atoms with van der Waals surface area (Å²) in [5, 5.41) is 6.39. The van der Waals surface area contributed by atoms with Crippen molar-refractivity contribution in [3.63, 3.8) is 0 Å². The molecule has 2 aliphatic heterocycles. The third-order valence-electron chi connectivity index (χ3n) is 2.96. The minimum absolute atomic E-state index is 0. The molecule has 0 aromatic carbocycles. The maximum atomic E-state index is 11.1. The van der Waals surface area contributed by atoms with Crippen molar-refractivity contribution < 1.29 is 39.1 Å². The van der Waals surface area contributed by atoms with E-state index in [0.29, 0.717) is 23.8 Å². The number of unbranched alkanes of at least 4 members (excludes halogenated alkanes) is 2. The summed E-state index contributed by atoms with van der Waals surface area (Å²) in [6.45, 7) is 0. The predicted octanol–water partition coefficient (Wildman–Crippen LogP) is -2.17. The van der Waals surface area contributed by atoms with Crippen LogP contribution in [0.5, 0.6) is 0 Å². The van der Waals surface area contributed by atoms with Crippen LogP contribution in [0.3, 0.4) is 0 Å². The molecule has 0 bridgehead atoms. The first kappa shape index (κ1) is 14.4. The second-order valence-electron chi connectivity index (χ2n) is 4.01. The third kappa shape index (κ3) is 3.39. The van der Waals surface area contributed by atoms with Crippen molar-refractivity contribution in [3.8, 4) is 0 Å². The third-order valence-corrected chi connectivity index (χ3v) is 4.46. The average Bonchev–Trinajstić information content (AvgIpc) is 2.73. The van der Waals surface area contributed by atoms with Crippen LogP contribution < -0.4 is 40.2 Å². The molecule has 3 atom stereocenters. The molecule has 2 fully saturated rings. The van der Waals surface area contributed by atoms with Crippen LogP contribution in [-0.4, -0.2) is 35.4 Å².